The molecule has 10 nitrogen and oxygen atoms in total. The number of nitrogens with zero attached hydrogens (tertiary/aromatic N) is 3. The number of nitrogens with one attached hydrogen (secondary N) is 4. The maximum Gasteiger partial charge on any atom is 0.315 e. The van der Waals surface area contributed by atoms with Gasteiger partial charge in [-0.1, -0.05) is 91.0 Å². The van der Waals surface area contributed by atoms with E-state index < -0.39 is 0 Å². The van der Waals surface area contributed by atoms with Crippen molar-refractivity contribution in [2.24, 2.45) is 0 Å². The Morgan fingerprint density at radius 1 is 0.411 bits per heavy atom. The van der Waals surface area contributed by atoms with Crippen LogP contribution in [0, 0.1) is 0 Å². The Morgan fingerprint density at radius 3 is 0.946 bits per heavy atom. The standard InChI is InChI=1S/2C16H23N3O.C14H19NO/c2*1-19(2)16(13-6-4-3-5-7-13)10-8-15(9-11-16)12-17-14(20)18-15;1-15(2)14(10-8-13(16)9-11-14)12-6-4-3-5-7-12/h2*3-7H,8-12H2,1-2H3,(H2,17,18,20);3-7H,8-11H2,1-2H3. The number of amides is 4. The van der Waals surface area contributed by atoms with Crippen LogP contribution in [-0.2, 0) is 21.4 Å². The lowest BCUT2D eigenvalue weighted by molar-refractivity contribution is -0.122. The Kier molecular flexibility index (Phi) is 12.6. The van der Waals surface area contributed by atoms with Crippen molar-refractivity contribution in [3.05, 3.63) is 108 Å². The highest BCUT2D eigenvalue weighted by Crippen LogP contribution is 2.46. The Balaban J connectivity index is 0.000000144. The van der Waals surface area contributed by atoms with Gasteiger partial charge in [-0.05, 0) is 123 Å². The summed E-state index contributed by atoms with van der Waals surface area (Å²) < 4.78 is 0. The Labute approximate surface area is 335 Å². The van der Waals surface area contributed by atoms with Crippen molar-refractivity contribution < 1.29 is 14.4 Å². The number of Topliss-reactive ketones (excluding diaryl/α,β-unsaturated/α-hetero) is 1. The van der Waals surface area contributed by atoms with Crippen LogP contribution in [0.4, 0.5) is 9.59 Å². The molecular formula is C46H65N7O3. The second-order valence-electron chi connectivity index (χ2n) is 17.6. The monoisotopic (exact) mass is 764 g/mol. The van der Waals surface area contributed by atoms with Gasteiger partial charge in [0.1, 0.15) is 5.78 Å². The summed E-state index contributed by atoms with van der Waals surface area (Å²) in [6.45, 7) is 1.54. The van der Waals surface area contributed by atoms with Crippen LogP contribution in [0.5, 0.6) is 0 Å². The van der Waals surface area contributed by atoms with E-state index in [0.717, 1.165) is 77.3 Å². The van der Waals surface area contributed by atoms with E-state index in [1.807, 2.05) is 6.07 Å². The largest absolute Gasteiger partial charge is 0.336 e. The van der Waals surface area contributed by atoms with Crippen LogP contribution in [0.15, 0.2) is 91.0 Å². The molecule has 8 rings (SSSR count). The molecular weight excluding hydrogens is 699 g/mol. The molecule has 2 saturated heterocycles. The van der Waals surface area contributed by atoms with Gasteiger partial charge in [-0.2, -0.15) is 0 Å². The average Bonchev–Trinajstić information content (AvgIpc) is 3.77. The lowest BCUT2D eigenvalue weighted by Crippen LogP contribution is -2.53. The smallest absolute Gasteiger partial charge is 0.315 e. The van der Waals surface area contributed by atoms with Gasteiger partial charge < -0.3 is 21.3 Å². The normalized spacial score (nSPS) is 29.5. The number of hydrogen-bond acceptors (Lipinski definition) is 6. The summed E-state index contributed by atoms with van der Waals surface area (Å²) in [4.78, 5) is 41.3. The molecule has 5 fully saturated rings. The summed E-state index contributed by atoms with van der Waals surface area (Å²) in [5.41, 5.74) is 4.33. The number of urea groups is 2. The summed E-state index contributed by atoms with van der Waals surface area (Å²) in [5, 5.41) is 12.1. The fourth-order valence-corrected chi connectivity index (χ4v) is 10.2. The van der Waals surface area contributed by atoms with Crippen molar-refractivity contribution in [1.29, 1.82) is 0 Å². The van der Waals surface area contributed by atoms with Gasteiger partial charge in [-0.15, -0.1) is 0 Å². The summed E-state index contributed by atoms with van der Waals surface area (Å²) in [6.07, 6.45) is 11.7. The van der Waals surface area contributed by atoms with E-state index in [2.05, 4.69) is 163 Å². The number of ketones is 1. The quantitative estimate of drug-likeness (QED) is 0.222. The number of carbonyl (C=O) groups is 3. The van der Waals surface area contributed by atoms with Gasteiger partial charge in [0.05, 0.1) is 11.1 Å². The highest BCUT2D eigenvalue weighted by atomic mass is 16.2. The SMILES string of the molecule is CN(C)C1(c2ccccc2)CCC(=O)CC1.CN(C)C1(c2ccccc2)CCC2(CC1)CNC(=O)N2.CN(C)C1(c2ccccc2)CCC2(CC1)CNC(=O)N2. The molecule has 3 saturated carbocycles. The highest BCUT2D eigenvalue weighted by molar-refractivity contribution is 5.79. The van der Waals surface area contributed by atoms with Crippen molar-refractivity contribution in [3.63, 3.8) is 0 Å². The predicted octanol–water partition coefficient (Wildman–Crippen LogP) is 6.72. The molecule has 4 amide bonds. The lowest BCUT2D eigenvalue weighted by atomic mass is 9.69. The van der Waals surface area contributed by atoms with Gasteiger partial charge in [0.2, 0.25) is 0 Å². The van der Waals surface area contributed by atoms with E-state index in [0.29, 0.717) is 18.6 Å². The molecule has 5 aliphatic rings. The van der Waals surface area contributed by atoms with E-state index in [1.54, 1.807) is 0 Å². The van der Waals surface area contributed by atoms with E-state index in [9.17, 15) is 14.4 Å². The van der Waals surface area contributed by atoms with Crippen molar-refractivity contribution in [1.82, 2.24) is 36.0 Å². The van der Waals surface area contributed by atoms with Gasteiger partial charge in [0.25, 0.3) is 0 Å². The average molecular weight is 764 g/mol. The van der Waals surface area contributed by atoms with Crippen LogP contribution in [0.3, 0.4) is 0 Å². The topological polar surface area (TPSA) is 109 Å². The van der Waals surface area contributed by atoms with Crippen LogP contribution in [0.25, 0.3) is 0 Å². The van der Waals surface area contributed by atoms with Crippen LogP contribution in [-0.4, -0.2) is 99.0 Å². The first-order valence-corrected chi connectivity index (χ1v) is 20.6. The van der Waals surface area contributed by atoms with E-state index in [1.165, 1.54) is 16.7 Å². The minimum Gasteiger partial charge on any atom is -0.336 e. The zero-order valence-corrected chi connectivity index (χ0v) is 34.6. The van der Waals surface area contributed by atoms with E-state index >= 15 is 0 Å². The maximum atomic E-state index is 11.4. The molecule has 3 aliphatic carbocycles. The second kappa shape index (κ2) is 17.1. The maximum absolute atomic E-state index is 11.4. The number of rotatable bonds is 6. The molecule has 4 N–H and O–H groups in total. The third kappa shape index (κ3) is 8.53. The molecule has 302 valence electrons. The first kappa shape index (κ1) is 41.4. The molecule has 0 unspecified atom stereocenters. The molecule has 0 atom stereocenters. The van der Waals surface area contributed by atoms with Crippen LogP contribution >= 0.6 is 0 Å². The van der Waals surface area contributed by atoms with Gasteiger partial charge in [0, 0.05) is 42.5 Å². The van der Waals surface area contributed by atoms with Crippen molar-refractivity contribution >= 4 is 17.8 Å². The van der Waals surface area contributed by atoms with Gasteiger partial charge in [-0.25, -0.2) is 9.59 Å². The molecule has 3 aromatic rings. The Bertz CT molecular complexity index is 1660. The molecule has 10 heteroatoms. The highest BCUT2D eigenvalue weighted by Gasteiger charge is 2.49. The first-order valence-electron chi connectivity index (χ1n) is 20.6. The lowest BCUT2D eigenvalue weighted by Gasteiger charge is -2.48. The number of hydrogen-bond donors (Lipinski definition) is 4. The Hall–Kier alpha value is -4.25. The zero-order chi connectivity index (χ0) is 40.0. The summed E-state index contributed by atoms with van der Waals surface area (Å²) in [5.74, 6) is 0.411. The number of benzene rings is 3. The minimum atomic E-state index is -0.0224. The molecule has 56 heavy (non-hydrogen) atoms. The molecule has 2 spiro atoms. The van der Waals surface area contributed by atoms with Crippen molar-refractivity contribution in [2.45, 2.75) is 105 Å². The van der Waals surface area contributed by atoms with E-state index in [-0.39, 0.29) is 39.8 Å². The third-order valence-electron chi connectivity index (χ3n) is 14.1. The zero-order valence-electron chi connectivity index (χ0n) is 34.6. The van der Waals surface area contributed by atoms with Crippen molar-refractivity contribution in [3.8, 4) is 0 Å². The summed E-state index contributed by atoms with van der Waals surface area (Å²) in [6, 6.07) is 32.0. The number of carbonyl (C=O) groups excluding carboxylic acids is 3. The van der Waals surface area contributed by atoms with Gasteiger partial charge in [-0.3, -0.25) is 19.5 Å². The third-order valence-corrected chi connectivity index (χ3v) is 14.1. The fourth-order valence-electron chi connectivity index (χ4n) is 10.2. The molecule has 0 radical (unpaired) electrons. The summed E-state index contributed by atoms with van der Waals surface area (Å²) >= 11 is 0. The first-order chi connectivity index (χ1) is 26.8. The van der Waals surface area contributed by atoms with Crippen LogP contribution < -0.4 is 21.3 Å². The second-order valence-corrected chi connectivity index (χ2v) is 17.6. The molecule has 2 heterocycles. The van der Waals surface area contributed by atoms with Gasteiger partial charge >= 0.3 is 12.1 Å². The Morgan fingerprint density at radius 2 is 0.696 bits per heavy atom. The predicted molar refractivity (Wildman–Crippen MR) is 224 cm³/mol. The molecule has 2 aliphatic heterocycles. The van der Waals surface area contributed by atoms with E-state index in [4.69, 9.17) is 0 Å². The molecule has 0 bridgehead atoms. The molecule has 0 aromatic heterocycles. The molecule has 3 aromatic carbocycles. The minimum absolute atomic E-state index is 0.0120. The fraction of sp³-hybridized carbons (Fsp3) is 0.543. The summed E-state index contributed by atoms with van der Waals surface area (Å²) in [7, 11) is 12.9. The van der Waals surface area contributed by atoms with Crippen molar-refractivity contribution in [2.75, 3.05) is 55.4 Å². The van der Waals surface area contributed by atoms with Gasteiger partial charge in [0.15, 0.2) is 0 Å². The van der Waals surface area contributed by atoms with Crippen LogP contribution in [0.1, 0.15) is 93.7 Å². The van der Waals surface area contributed by atoms with Crippen LogP contribution in [0.2, 0.25) is 0 Å².